The monoisotopic (exact) mass is 286 g/mol. The molecule has 0 amide bonds. The zero-order valence-electron chi connectivity index (χ0n) is 11.8. The molecule has 0 saturated carbocycles. The standard InChI is InChI=1S/C20H14O2/c21-18-9-8-13-15-7-3-6-14-11-4-1-2-5-12(11)16(19(14)15)10-17(13)20(18)22/h1-10,18,20-22H/t18-,20-/m0/s1. The Morgan fingerprint density at radius 2 is 1.50 bits per heavy atom. The van der Waals surface area contributed by atoms with Crippen LogP contribution >= 0.6 is 0 Å². The van der Waals surface area contributed by atoms with Gasteiger partial charge >= 0.3 is 0 Å². The molecule has 3 aromatic carbocycles. The van der Waals surface area contributed by atoms with Crippen molar-refractivity contribution in [2.24, 2.45) is 0 Å². The van der Waals surface area contributed by atoms with Crippen molar-refractivity contribution in [2.45, 2.75) is 12.2 Å². The van der Waals surface area contributed by atoms with Crippen LogP contribution < -0.4 is 0 Å². The van der Waals surface area contributed by atoms with Gasteiger partial charge in [-0.3, -0.25) is 0 Å². The highest BCUT2D eigenvalue weighted by Crippen LogP contribution is 2.50. The van der Waals surface area contributed by atoms with Gasteiger partial charge in [0, 0.05) is 0 Å². The molecule has 2 N–H and O–H groups in total. The second kappa shape index (κ2) is 4.07. The highest BCUT2D eigenvalue weighted by atomic mass is 16.3. The van der Waals surface area contributed by atoms with E-state index in [0.717, 1.165) is 22.1 Å². The Labute approximate surface area is 128 Å². The Kier molecular flexibility index (Phi) is 2.25. The molecular formula is C20H14O2. The van der Waals surface area contributed by atoms with E-state index in [-0.39, 0.29) is 0 Å². The molecule has 2 heteroatoms. The summed E-state index contributed by atoms with van der Waals surface area (Å²) in [5.74, 6) is 0. The van der Waals surface area contributed by atoms with E-state index in [1.54, 1.807) is 6.08 Å². The van der Waals surface area contributed by atoms with E-state index < -0.39 is 12.2 Å². The predicted octanol–water partition coefficient (Wildman–Crippen LogP) is 3.91. The summed E-state index contributed by atoms with van der Waals surface area (Å²) < 4.78 is 0. The van der Waals surface area contributed by atoms with E-state index in [1.165, 1.54) is 22.1 Å². The van der Waals surface area contributed by atoms with Crippen LogP contribution in [0.4, 0.5) is 0 Å². The number of hydrogen-bond donors (Lipinski definition) is 2. The SMILES string of the molecule is O[C@H]1C=Cc2c(cc3c4c(cccc24)-c2ccccc2-3)[C@@H]1O. The smallest absolute Gasteiger partial charge is 0.109 e. The number of benzene rings is 3. The third kappa shape index (κ3) is 1.36. The Morgan fingerprint density at radius 1 is 0.773 bits per heavy atom. The van der Waals surface area contributed by atoms with E-state index in [1.807, 2.05) is 18.2 Å². The summed E-state index contributed by atoms with van der Waals surface area (Å²) in [7, 11) is 0. The average molecular weight is 286 g/mol. The van der Waals surface area contributed by atoms with Gasteiger partial charge in [0.05, 0.1) is 0 Å². The number of aliphatic hydroxyl groups excluding tert-OH is 2. The molecule has 0 unspecified atom stereocenters. The molecule has 0 heterocycles. The second-order valence-corrected chi connectivity index (χ2v) is 6.00. The summed E-state index contributed by atoms with van der Waals surface area (Å²) in [6.07, 6.45) is 1.90. The summed E-state index contributed by atoms with van der Waals surface area (Å²) in [4.78, 5) is 0. The molecule has 2 nitrogen and oxygen atoms in total. The lowest BCUT2D eigenvalue weighted by Gasteiger charge is -2.24. The topological polar surface area (TPSA) is 40.5 Å². The Hall–Kier alpha value is -2.42. The summed E-state index contributed by atoms with van der Waals surface area (Å²) >= 11 is 0. The van der Waals surface area contributed by atoms with Crippen LogP contribution in [0.1, 0.15) is 17.2 Å². The quantitative estimate of drug-likeness (QED) is 0.514. The maximum Gasteiger partial charge on any atom is 0.109 e. The minimum absolute atomic E-state index is 0.811. The normalized spacial score (nSPS) is 21.0. The Balaban J connectivity index is 1.98. The second-order valence-electron chi connectivity index (χ2n) is 6.00. The molecule has 0 fully saturated rings. The van der Waals surface area contributed by atoms with Gasteiger partial charge in [-0.15, -0.1) is 0 Å². The molecule has 2 aliphatic rings. The molecule has 0 spiro atoms. The fourth-order valence-electron chi connectivity index (χ4n) is 3.83. The molecule has 5 rings (SSSR count). The summed E-state index contributed by atoms with van der Waals surface area (Å²) in [6.45, 7) is 0. The van der Waals surface area contributed by atoms with Crippen molar-refractivity contribution in [2.75, 3.05) is 0 Å². The number of rotatable bonds is 0. The molecule has 2 atom stereocenters. The van der Waals surface area contributed by atoms with E-state index in [9.17, 15) is 10.2 Å². The summed E-state index contributed by atoms with van der Waals surface area (Å²) in [5.41, 5.74) is 6.68. The highest BCUT2D eigenvalue weighted by molar-refractivity contribution is 6.17. The van der Waals surface area contributed by atoms with Gasteiger partial charge in [-0.05, 0) is 50.2 Å². The van der Waals surface area contributed by atoms with Crippen molar-refractivity contribution in [1.82, 2.24) is 0 Å². The lowest BCUT2D eigenvalue weighted by Crippen LogP contribution is -2.19. The van der Waals surface area contributed by atoms with Gasteiger partial charge in [-0.25, -0.2) is 0 Å². The Bertz CT molecular complexity index is 969. The van der Waals surface area contributed by atoms with Crippen molar-refractivity contribution in [3.05, 3.63) is 65.7 Å². The van der Waals surface area contributed by atoms with Gasteiger partial charge in [0.1, 0.15) is 12.2 Å². The zero-order chi connectivity index (χ0) is 14.8. The predicted molar refractivity (Wildman–Crippen MR) is 88.4 cm³/mol. The molecule has 3 aromatic rings. The summed E-state index contributed by atoms with van der Waals surface area (Å²) in [5, 5.41) is 22.7. The lowest BCUT2D eigenvalue weighted by atomic mass is 9.86. The van der Waals surface area contributed by atoms with Crippen molar-refractivity contribution in [3.8, 4) is 22.3 Å². The van der Waals surface area contributed by atoms with Crippen LogP contribution in [0, 0.1) is 0 Å². The first kappa shape index (κ1) is 12.2. The van der Waals surface area contributed by atoms with Crippen LogP contribution in [0.5, 0.6) is 0 Å². The van der Waals surface area contributed by atoms with Crippen LogP contribution in [0.25, 0.3) is 39.1 Å². The van der Waals surface area contributed by atoms with E-state index in [2.05, 4.69) is 36.4 Å². The van der Waals surface area contributed by atoms with E-state index >= 15 is 0 Å². The first-order valence-corrected chi connectivity index (χ1v) is 7.49. The fraction of sp³-hybridized carbons (Fsp3) is 0.100. The minimum Gasteiger partial charge on any atom is -0.386 e. The van der Waals surface area contributed by atoms with Crippen molar-refractivity contribution in [1.29, 1.82) is 0 Å². The van der Waals surface area contributed by atoms with Gasteiger partial charge in [-0.2, -0.15) is 0 Å². The van der Waals surface area contributed by atoms with Crippen LogP contribution in [-0.2, 0) is 0 Å². The lowest BCUT2D eigenvalue weighted by molar-refractivity contribution is 0.0471. The molecule has 0 aliphatic heterocycles. The van der Waals surface area contributed by atoms with Gasteiger partial charge in [0.25, 0.3) is 0 Å². The molecule has 0 radical (unpaired) electrons. The number of hydrogen-bond acceptors (Lipinski definition) is 2. The van der Waals surface area contributed by atoms with E-state index in [0.29, 0.717) is 0 Å². The van der Waals surface area contributed by atoms with E-state index in [4.69, 9.17) is 0 Å². The van der Waals surface area contributed by atoms with Gasteiger partial charge in [0.15, 0.2) is 0 Å². The van der Waals surface area contributed by atoms with Crippen LogP contribution in [-0.4, -0.2) is 16.3 Å². The van der Waals surface area contributed by atoms with Crippen molar-refractivity contribution >= 4 is 16.8 Å². The minimum atomic E-state index is -0.864. The average Bonchev–Trinajstić information content (AvgIpc) is 2.88. The van der Waals surface area contributed by atoms with Crippen molar-refractivity contribution in [3.63, 3.8) is 0 Å². The molecule has 2 aliphatic carbocycles. The fourth-order valence-corrected chi connectivity index (χ4v) is 3.83. The molecule has 0 bridgehead atoms. The van der Waals surface area contributed by atoms with Gasteiger partial charge in [0.2, 0.25) is 0 Å². The van der Waals surface area contributed by atoms with Crippen LogP contribution in [0.3, 0.4) is 0 Å². The molecule has 0 aromatic heterocycles. The third-order valence-electron chi connectivity index (χ3n) is 4.84. The van der Waals surface area contributed by atoms with Crippen LogP contribution in [0.2, 0.25) is 0 Å². The zero-order valence-corrected chi connectivity index (χ0v) is 11.8. The first-order valence-electron chi connectivity index (χ1n) is 7.49. The molecule has 22 heavy (non-hydrogen) atoms. The largest absolute Gasteiger partial charge is 0.386 e. The van der Waals surface area contributed by atoms with Gasteiger partial charge < -0.3 is 10.2 Å². The molecule has 106 valence electrons. The first-order chi connectivity index (χ1) is 10.8. The number of aliphatic hydroxyl groups is 2. The summed E-state index contributed by atoms with van der Waals surface area (Å²) in [6, 6.07) is 16.7. The van der Waals surface area contributed by atoms with Gasteiger partial charge in [-0.1, -0.05) is 54.6 Å². The van der Waals surface area contributed by atoms with Crippen molar-refractivity contribution < 1.29 is 10.2 Å². The number of fused-ring (bicyclic) bond motifs is 5. The van der Waals surface area contributed by atoms with Crippen LogP contribution in [0.15, 0.2) is 54.6 Å². The molecular weight excluding hydrogens is 272 g/mol. The Morgan fingerprint density at radius 3 is 2.32 bits per heavy atom. The highest BCUT2D eigenvalue weighted by Gasteiger charge is 2.28. The third-order valence-corrected chi connectivity index (χ3v) is 4.84. The maximum atomic E-state index is 10.4. The maximum absolute atomic E-state index is 10.4. The molecule has 0 saturated heterocycles.